The number of aryl methyl sites for hydroxylation is 2. The van der Waals surface area contributed by atoms with Crippen LogP contribution in [0.1, 0.15) is 22.8 Å². The molecule has 0 amide bonds. The van der Waals surface area contributed by atoms with Gasteiger partial charge in [0.25, 0.3) is 5.56 Å². The molecule has 0 aliphatic rings. The molecule has 4 aromatic rings. The molecule has 0 fully saturated rings. The van der Waals surface area contributed by atoms with Gasteiger partial charge in [-0.25, -0.2) is 15.0 Å². The number of H-pyrrole nitrogens is 1. The summed E-state index contributed by atoms with van der Waals surface area (Å²) in [5.41, 5.74) is 3.33. The number of benzene rings is 1. The number of aromatic nitrogens is 5. The second-order valence-corrected chi connectivity index (χ2v) is 7.16. The zero-order valence-corrected chi connectivity index (χ0v) is 15.8. The number of hydrogen-bond donors (Lipinski definition) is 1. The van der Waals surface area contributed by atoms with Gasteiger partial charge in [-0.15, -0.1) is 0 Å². The Kier molecular flexibility index (Phi) is 3.85. The third-order valence-corrected chi connectivity index (χ3v) is 5.39. The smallest absolute Gasteiger partial charge is 0.258 e. The Hall–Kier alpha value is -2.25. The molecular formula is C17H13BrClN5O. The van der Waals surface area contributed by atoms with E-state index in [-0.39, 0.29) is 5.56 Å². The zero-order valence-electron chi connectivity index (χ0n) is 13.5. The summed E-state index contributed by atoms with van der Waals surface area (Å²) < 4.78 is 2.65. The van der Waals surface area contributed by atoms with Crippen LogP contribution in [-0.2, 0) is 6.42 Å². The molecule has 0 unspecified atom stereocenters. The van der Waals surface area contributed by atoms with Crippen LogP contribution in [0.2, 0.25) is 5.02 Å². The molecule has 6 nitrogen and oxygen atoms in total. The first kappa shape index (κ1) is 16.2. The Morgan fingerprint density at radius 3 is 2.88 bits per heavy atom. The summed E-state index contributed by atoms with van der Waals surface area (Å²) in [5.74, 6) is 1.18. The molecule has 3 aromatic heterocycles. The maximum Gasteiger partial charge on any atom is 0.258 e. The predicted octanol–water partition coefficient (Wildman–Crippen LogP) is 3.59. The lowest BCUT2D eigenvalue weighted by atomic mass is 10.2. The van der Waals surface area contributed by atoms with Crippen molar-refractivity contribution >= 4 is 44.2 Å². The largest absolute Gasteiger partial charge is 0.310 e. The summed E-state index contributed by atoms with van der Waals surface area (Å²) in [4.78, 5) is 28.5. The first-order chi connectivity index (χ1) is 11.9. The third-order valence-electron chi connectivity index (χ3n) is 4.19. The van der Waals surface area contributed by atoms with E-state index in [4.69, 9.17) is 11.6 Å². The first-order valence-corrected chi connectivity index (χ1v) is 8.77. The van der Waals surface area contributed by atoms with Crippen molar-refractivity contribution in [3.05, 3.63) is 67.2 Å². The van der Waals surface area contributed by atoms with Crippen molar-refractivity contribution in [3.8, 4) is 0 Å². The number of imidazole rings is 1. The van der Waals surface area contributed by atoms with Gasteiger partial charge >= 0.3 is 0 Å². The number of halogens is 2. The standard InChI is InChI=1S/C17H13BrClN5O/c1-8-6-20-17-21-10(7-24(17)9(8)2)3-15-22-14-5-12(18)13(19)4-11(14)16(25)23-15/h4-7H,3H2,1-2H3,(H,22,23,25). The first-order valence-electron chi connectivity index (χ1n) is 7.60. The van der Waals surface area contributed by atoms with E-state index in [1.54, 1.807) is 18.3 Å². The molecule has 0 aliphatic carbocycles. The van der Waals surface area contributed by atoms with Crippen LogP contribution < -0.4 is 5.56 Å². The van der Waals surface area contributed by atoms with Crippen molar-refractivity contribution in [2.75, 3.05) is 0 Å². The van der Waals surface area contributed by atoms with E-state index < -0.39 is 0 Å². The Bertz CT molecular complexity index is 1200. The van der Waals surface area contributed by atoms with Crippen LogP contribution in [0.5, 0.6) is 0 Å². The van der Waals surface area contributed by atoms with Crippen molar-refractivity contribution < 1.29 is 0 Å². The third kappa shape index (κ3) is 2.83. The van der Waals surface area contributed by atoms with Gasteiger partial charge in [-0.1, -0.05) is 11.6 Å². The highest BCUT2D eigenvalue weighted by molar-refractivity contribution is 9.10. The molecule has 1 N–H and O–H groups in total. The van der Waals surface area contributed by atoms with Crippen LogP contribution in [-0.4, -0.2) is 24.3 Å². The van der Waals surface area contributed by atoms with Gasteiger partial charge in [-0.3, -0.25) is 9.20 Å². The maximum atomic E-state index is 12.3. The topological polar surface area (TPSA) is 75.9 Å². The number of hydrogen-bond acceptors (Lipinski definition) is 4. The molecule has 1 aromatic carbocycles. The molecule has 8 heteroatoms. The van der Waals surface area contributed by atoms with Gasteiger partial charge in [0.05, 0.1) is 21.6 Å². The lowest BCUT2D eigenvalue weighted by Gasteiger charge is -2.03. The average molecular weight is 419 g/mol. The molecule has 0 spiro atoms. The molecule has 0 aliphatic heterocycles. The van der Waals surface area contributed by atoms with Crippen LogP contribution in [0.15, 0.2) is 33.8 Å². The Morgan fingerprint density at radius 1 is 1.28 bits per heavy atom. The van der Waals surface area contributed by atoms with E-state index in [9.17, 15) is 4.79 Å². The number of aromatic amines is 1. The molecule has 3 heterocycles. The minimum Gasteiger partial charge on any atom is -0.310 e. The number of rotatable bonds is 2. The Morgan fingerprint density at radius 2 is 2.08 bits per heavy atom. The SMILES string of the molecule is Cc1cnc2nc(Cc3nc4cc(Br)c(Cl)cc4c(=O)[nH]3)cn2c1C. The Balaban J connectivity index is 1.79. The van der Waals surface area contributed by atoms with Crippen molar-refractivity contribution in [2.45, 2.75) is 20.3 Å². The summed E-state index contributed by atoms with van der Waals surface area (Å²) in [6.45, 7) is 4.03. The van der Waals surface area contributed by atoms with Crippen molar-refractivity contribution in [3.63, 3.8) is 0 Å². The van der Waals surface area contributed by atoms with Gasteiger partial charge in [0, 0.05) is 29.0 Å². The maximum absolute atomic E-state index is 12.3. The van der Waals surface area contributed by atoms with Crippen molar-refractivity contribution in [1.29, 1.82) is 0 Å². The minimum absolute atomic E-state index is 0.219. The highest BCUT2D eigenvalue weighted by Gasteiger charge is 2.11. The van der Waals surface area contributed by atoms with Crippen LogP contribution in [0, 0.1) is 13.8 Å². The minimum atomic E-state index is -0.219. The Labute approximate surface area is 156 Å². The average Bonchev–Trinajstić information content (AvgIpc) is 2.96. The van der Waals surface area contributed by atoms with E-state index in [1.807, 2.05) is 24.4 Å². The van der Waals surface area contributed by atoms with Crippen LogP contribution in [0.4, 0.5) is 0 Å². The normalized spacial score (nSPS) is 11.5. The molecule has 0 atom stereocenters. The van der Waals surface area contributed by atoms with E-state index in [2.05, 4.69) is 35.9 Å². The molecule has 25 heavy (non-hydrogen) atoms. The molecular weight excluding hydrogens is 406 g/mol. The summed E-state index contributed by atoms with van der Waals surface area (Å²) in [5, 5.41) is 0.935. The van der Waals surface area contributed by atoms with E-state index in [0.29, 0.717) is 38.4 Å². The number of fused-ring (bicyclic) bond motifs is 2. The van der Waals surface area contributed by atoms with E-state index in [1.165, 1.54) is 0 Å². The van der Waals surface area contributed by atoms with Crippen LogP contribution >= 0.6 is 27.5 Å². The lowest BCUT2D eigenvalue weighted by Crippen LogP contribution is -2.12. The predicted molar refractivity (Wildman–Crippen MR) is 100 cm³/mol. The molecule has 0 bridgehead atoms. The zero-order chi connectivity index (χ0) is 17.7. The van der Waals surface area contributed by atoms with Gasteiger partial charge in [0.1, 0.15) is 5.82 Å². The molecule has 0 radical (unpaired) electrons. The van der Waals surface area contributed by atoms with E-state index in [0.717, 1.165) is 17.0 Å². The summed E-state index contributed by atoms with van der Waals surface area (Å²) in [6.07, 6.45) is 4.14. The van der Waals surface area contributed by atoms with Gasteiger partial charge < -0.3 is 4.98 Å². The second kappa shape index (κ2) is 5.93. The second-order valence-electron chi connectivity index (χ2n) is 5.90. The monoisotopic (exact) mass is 417 g/mol. The summed E-state index contributed by atoms with van der Waals surface area (Å²) >= 11 is 9.42. The fraction of sp³-hybridized carbons (Fsp3) is 0.176. The van der Waals surface area contributed by atoms with Gasteiger partial charge in [-0.2, -0.15) is 0 Å². The number of nitrogens with one attached hydrogen (secondary N) is 1. The van der Waals surface area contributed by atoms with Gasteiger partial charge in [0.2, 0.25) is 5.78 Å². The highest BCUT2D eigenvalue weighted by atomic mass is 79.9. The summed E-state index contributed by atoms with van der Waals surface area (Å²) in [7, 11) is 0. The lowest BCUT2D eigenvalue weighted by molar-refractivity contribution is 0.949. The highest BCUT2D eigenvalue weighted by Crippen LogP contribution is 2.25. The van der Waals surface area contributed by atoms with Crippen LogP contribution in [0.3, 0.4) is 0 Å². The van der Waals surface area contributed by atoms with Crippen molar-refractivity contribution in [2.24, 2.45) is 0 Å². The molecule has 4 rings (SSSR count). The van der Waals surface area contributed by atoms with Crippen LogP contribution in [0.25, 0.3) is 16.7 Å². The van der Waals surface area contributed by atoms with Gasteiger partial charge in [0.15, 0.2) is 0 Å². The van der Waals surface area contributed by atoms with Crippen molar-refractivity contribution in [1.82, 2.24) is 24.3 Å². The quantitative estimate of drug-likeness (QED) is 0.540. The van der Waals surface area contributed by atoms with Gasteiger partial charge in [-0.05, 0) is 47.5 Å². The molecule has 0 saturated heterocycles. The summed E-state index contributed by atoms with van der Waals surface area (Å²) in [6, 6.07) is 3.35. The number of nitrogens with zero attached hydrogens (tertiary/aromatic N) is 4. The molecule has 0 saturated carbocycles. The fourth-order valence-corrected chi connectivity index (χ4v) is 3.21. The fourth-order valence-electron chi connectivity index (χ4n) is 2.72. The molecule has 126 valence electrons. The van der Waals surface area contributed by atoms with E-state index >= 15 is 0 Å².